The summed E-state index contributed by atoms with van der Waals surface area (Å²) in [5.74, 6) is -0.222. The first-order chi connectivity index (χ1) is 10.1. The van der Waals surface area contributed by atoms with Crippen LogP contribution in [0.4, 0.5) is 0 Å². The molecule has 4 heteroatoms. The Hall–Kier alpha value is -2.23. The van der Waals surface area contributed by atoms with Crippen molar-refractivity contribution >= 4 is 22.6 Å². The van der Waals surface area contributed by atoms with Gasteiger partial charge in [0.05, 0.1) is 17.1 Å². The SMILES string of the molecule is CCCCC(NC(=O)c1ccnc2ccccc12)C(C)=O. The van der Waals surface area contributed by atoms with Crippen molar-refractivity contribution in [1.82, 2.24) is 10.3 Å². The number of aromatic nitrogens is 1. The monoisotopic (exact) mass is 284 g/mol. The van der Waals surface area contributed by atoms with Crippen molar-refractivity contribution < 1.29 is 9.59 Å². The number of benzene rings is 1. The van der Waals surface area contributed by atoms with Gasteiger partial charge in [0.1, 0.15) is 0 Å². The molecule has 0 aliphatic carbocycles. The minimum Gasteiger partial charge on any atom is -0.342 e. The Labute approximate surface area is 124 Å². The van der Waals surface area contributed by atoms with Crippen LogP contribution in [0, 0.1) is 0 Å². The number of hydrogen-bond acceptors (Lipinski definition) is 3. The molecule has 1 aromatic heterocycles. The molecule has 1 N–H and O–H groups in total. The number of pyridine rings is 1. The van der Waals surface area contributed by atoms with Crippen LogP contribution in [0.25, 0.3) is 10.9 Å². The molecule has 1 unspecified atom stereocenters. The van der Waals surface area contributed by atoms with Gasteiger partial charge < -0.3 is 5.32 Å². The van der Waals surface area contributed by atoms with E-state index in [2.05, 4.69) is 17.2 Å². The van der Waals surface area contributed by atoms with Crippen molar-refractivity contribution in [3.63, 3.8) is 0 Å². The number of carbonyl (C=O) groups excluding carboxylic acids is 2. The predicted octanol–water partition coefficient (Wildman–Crippen LogP) is 3.11. The highest BCUT2D eigenvalue weighted by atomic mass is 16.2. The highest BCUT2D eigenvalue weighted by Crippen LogP contribution is 2.16. The van der Waals surface area contributed by atoms with Gasteiger partial charge in [-0.1, -0.05) is 38.0 Å². The third-order valence-electron chi connectivity index (χ3n) is 3.54. The number of hydrogen-bond donors (Lipinski definition) is 1. The Morgan fingerprint density at radius 1 is 1.24 bits per heavy atom. The van der Waals surface area contributed by atoms with E-state index in [1.54, 1.807) is 12.3 Å². The molecule has 0 aliphatic heterocycles. The number of carbonyl (C=O) groups is 2. The van der Waals surface area contributed by atoms with Crippen LogP contribution in [-0.2, 0) is 4.79 Å². The minimum atomic E-state index is -0.413. The zero-order valence-corrected chi connectivity index (χ0v) is 12.4. The number of Topliss-reactive ketones (excluding diaryl/α,β-unsaturated/α-hetero) is 1. The summed E-state index contributed by atoms with van der Waals surface area (Å²) in [7, 11) is 0. The summed E-state index contributed by atoms with van der Waals surface area (Å²) < 4.78 is 0. The molecule has 1 amide bonds. The smallest absolute Gasteiger partial charge is 0.252 e. The third-order valence-corrected chi connectivity index (χ3v) is 3.54. The van der Waals surface area contributed by atoms with E-state index in [1.165, 1.54) is 6.92 Å². The molecule has 4 nitrogen and oxygen atoms in total. The van der Waals surface area contributed by atoms with E-state index in [0.717, 1.165) is 23.7 Å². The van der Waals surface area contributed by atoms with Gasteiger partial charge in [-0.2, -0.15) is 0 Å². The Balaban J connectivity index is 2.23. The number of nitrogens with zero attached hydrogens (tertiary/aromatic N) is 1. The molecule has 2 aromatic rings. The minimum absolute atomic E-state index is 0.00448. The van der Waals surface area contributed by atoms with Crippen molar-refractivity contribution in [2.24, 2.45) is 0 Å². The van der Waals surface area contributed by atoms with Gasteiger partial charge in [0.2, 0.25) is 0 Å². The highest BCUT2D eigenvalue weighted by molar-refractivity contribution is 6.07. The van der Waals surface area contributed by atoms with E-state index in [0.29, 0.717) is 12.0 Å². The van der Waals surface area contributed by atoms with Gasteiger partial charge in [0.15, 0.2) is 5.78 Å². The quantitative estimate of drug-likeness (QED) is 0.886. The molecule has 0 aliphatic rings. The largest absolute Gasteiger partial charge is 0.342 e. The lowest BCUT2D eigenvalue weighted by Crippen LogP contribution is -2.39. The summed E-state index contributed by atoms with van der Waals surface area (Å²) in [6, 6.07) is 8.77. The van der Waals surface area contributed by atoms with Crippen LogP contribution in [0.2, 0.25) is 0 Å². The molecule has 0 saturated carbocycles. The zero-order valence-electron chi connectivity index (χ0n) is 12.4. The second kappa shape index (κ2) is 6.97. The molecule has 110 valence electrons. The number of fused-ring (bicyclic) bond motifs is 1. The number of rotatable bonds is 6. The topological polar surface area (TPSA) is 59.1 Å². The molecule has 2 rings (SSSR count). The van der Waals surface area contributed by atoms with Crippen LogP contribution in [-0.4, -0.2) is 22.7 Å². The molecule has 0 bridgehead atoms. The highest BCUT2D eigenvalue weighted by Gasteiger charge is 2.18. The maximum atomic E-state index is 12.4. The summed E-state index contributed by atoms with van der Waals surface area (Å²) in [5, 5.41) is 3.64. The Morgan fingerprint density at radius 3 is 2.71 bits per heavy atom. The Kier molecular flexibility index (Phi) is 5.04. The number of amides is 1. The average molecular weight is 284 g/mol. The maximum absolute atomic E-state index is 12.4. The van der Waals surface area contributed by atoms with Gasteiger partial charge in [-0.05, 0) is 25.5 Å². The lowest BCUT2D eigenvalue weighted by atomic mass is 10.0. The number of ketones is 1. The maximum Gasteiger partial charge on any atom is 0.252 e. The molecule has 1 aromatic carbocycles. The van der Waals surface area contributed by atoms with Gasteiger partial charge in [-0.25, -0.2) is 0 Å². The molecule has 0 fully saturated rings. The fourth-order valence-electron chi connectivity index (χ4n) is 2.32. The standard InChI is InChI=1S/C17H20N2O2/c1-3-4-8-15(12(2)20)19-17(21)14-10-11-18-16-9-6-5-7-13(14)16/h5-7,9-11,15H,3-4,8H2,1-2H3,(H,19,21). The fourth-order valence-corrected chi connectivity index (χ4v) is 2.32. The van der Waals surface area contributed by atoms with E-state index in [9.17, 15) is 9.59 Å². The van der Waals surface area contributed by atoms with Crippen molar-refractivity contribution in [3.05, 3.63) is 42.1 Å². The predicted molar refractivity (Wildman–Crippen MR) is 83.2 cm³/mol. The number of unbranched alkanes of at least 4 members (excludes halogenated alkanes) is 1. The van der Waals surface area contributed by atoms with E-state index in [-0.39, 0.29) is 11.7 Å². The fraction of sp³-hybridized carbons (Fsp3) is 0.353. The first kappa shape index (κ1) is 15.2. The first-order valence-electron chi connectivity index (χ1n) is 7.28. The van der Waals surface area contributed by atoms with Crippen LogP contribution in [0.15, 0.2) is 36.5 Å². The molecule has 1 atom stereocenters. The van der Waals surface area contributed by atoms with Crippen LogP contribution in [0.5, 0.6) is 0 Å². The van der Waals surface area contributed by atoms with Crippen molar-refractivity contribution in [2.45, 2.75) is 39.2 Å². The van der Waals surface area contributed by atoms with Crippen molar-refractivity contribution in [1.29, 1.82) is 0 Å². The molecule has 1 heterocycles. The van der Waals surface area contributed by atoms with E-state index >= 15 is 0 Å². The molecule has 0 radical (unpaired) electrons. The summed E-state index contributed by atoms with van der Waals surface area (Å²) >= 11 is 0. The first-order valence-corrected chi connectivity index (χ1v) is 7.28. The summed E-state index contributed by atoms with van der Waals surface area (Å²) in [6.07, 6.45) is 4.21. The molecule has 0 spiro atoms. The van der Waals surface area contributed by atoms with Crippen LogP contribution in [0.3, 0.4) is 0 Å². The zero-order chi connectivity index (χ0) is 15.2. The lowest BCUT2D eigenvalue weighted by Gasteiger charge is -2.16. The molecule has 0 saturated heterocycles. The van der Waals surface area contributed by atoms with Gasteiger partial charge >= 0.3 is 0 Å². The second-order valence-electron chi connectivity index (χ2n) is 5.15. The van der Waals surface area contributed by atoms with Gasteiger partial charge in [0, 0.05) is 11.6 Å². The second-order valence-corrected chi connectivity index (χ2v) is 5.15. The van der Waals surface area contributed by atoms with Gasteiger partial charge in [0.25, 0.3) is 5.91 Å². The van der Waals surface area contributed by atoms with Crippen LogP contribution in [0.1, 0.15) is 43.5 Å². The Morgan fingerprint density at radius 2 is 2.00 bits per heavy atom. The summed E-state index contributed by atoms with van der Waals surface area (Å²) in [6.45, 7) is 3.58. The van der Waals surface area contributed by atoms with Crippen LogP contribution < -0.4 is 5.32 Å². The van der Waals surface area contributed by atoms with Crippen molar-refractivity contribution in [3.8, 4) is 0 Å². The van der Waals surface area contributed by atoms with E-state index in [1.807, 2.05) is 24.3 Å². The van der Waals surface area contributed by atoms with E-state index in [4.69, 9.17) is 0 Å². The van der Waals surface area contributed by atoms with Crippen molar-refractivity contribution in [2.75, 3.05) is 0 Å². The molecule has 21 heavy (non-hydrogen) atoms. The number of nitrogens with one attached hydrogen (secondary N) is 1. The number of para-hydroxylation sites is 1. The Bertz CT molecular complexity index is 647. The molecular formula is C17H20N2O2. The lowest BCUT2D eigenvalue weighted by molar-refractivity contribution is -0.119. The van der Waals surface area contributed by atoms with Crippen LogP contribution >= 0.6 is 0 Å². The average Bonchev–Trinajstić information content (AvgIpc) is 2.50. The summed E-state index contributed by atoms with van der Waals surface area (Å²) in [4.78, 5) is 28.3. The molecular weight excluding hydrogens is 264 g/mol. The van der Waals surface area contributed by atoms with Gasteiger partial charge in [-0.3, -0.25) is 14.6 Å². The van der Waals surface area contributed by atoms with E-state index < -0.39 is 6.04 Å². The summed E-state index contributed by atoms with van der Waals surface area (Å²) in [5.41, 5.74) is 1.33. The normalized spacial score (nSPS) is 12.1. The van der Waals surface area contributed by atoms with Gasteiger partial charge in [-0.15, -0.1) is 0 Å². The third kappa shape index (κ3) is 3.66.